The van der Waals surface area contributed by atoms with Crippen molar-refractivity contribution in [1.29, 1.82) is 0 Å². The van der Waals surface area contributed by atoms with Gasteiger partial charge in [0.05, 0.1) is 36.5 Å². The normalized spacial score (nSPS) is 30.1. The predicted molar refractivity (Wildman–Crippen MR) is 163 cm³/mol. The third-order valence-corrected chi connectivity index (χ3v) is 11.4. The van der Waals surface area contributed by atoms with Crippen LogP contribution in [0.4, 0.5) is 16.3 Å². The zero-order valence-corrected chi connectivity index (χ0v) is 25.4. The second-order valence-corrected chi connectivity index (χ2v) is 13.9. The lowest BCUT2D eigenvalue weighted by Gasteiger charge is -2.41. The van der Waals surface area contributed by atoms with Gasteiger partial charge in [-0.2, -0.15) is 9.97 Å². The van der Waals surface area contributed by atoms with Gasteiger partial charge in [-0.15, -0.1) is 0 Å². The maximum Gasteiger partial charge on any atom is 0.407 e. The summed E-state index contributed by atoms with van der Waals surface area (Å²) < 4.78 is 6.53. The van der Waals surface area contributed by atoms with Crippen molar-refractivity contribution < 1.29 is 19.7 Å². The molecule has 2 N–H and O–H groups in total. The molecule has 1 aromatic heterocycles. The minimum absolute atomic E-state index is 0.0151. The van der Waals surface area contributed by atoms with Gasteiger partial charge in [0.25, 0.3) is 0 Å². The molecule has 230 valence electrons. The van der Waals surface area contributed by atoms with Crippen LogP contribution >= 0.6 is 11.6 Å². The molecule has 4 saturated heterocycles. The number of carbonyl (C=O) groups is 1. The maximum atomic E-state index is 12.0. The van der Waals surface area contributed by atoms with Crippen LogP contribution in [0.5, 0.6) is 6.01 Å². The van der Waals surface area contributed by atoms with Crippen LogP contribution in [0.1, 0.15) is 74.1 Å². The molecule has 0 radical (unpaired) electrons. The van der Waals surface area contributed by atoms with Crippen LogP contribution < -0.4 is 14.5 Å². The fraction of sp³-hybridized carbons (Fsp3) is 0.656. The molecule has 0 spiro atoms. The number of nitrogens with zero attached hydrogens (tertiary/aromatic N) is 6. The predicted octanol–water partition coefficient (Wildman–Crippen LogP) is 4.27. The number of aliphatic hydroxyl groups excluding tert-OH is 1. The summed E-state index contributed by atoms with van der Waals surface area (Å²) in [7, 11) is 0. The van der Waals surface area contributed by atoms with Gasteiger partial charge < -0.3 is 24.7 Å². The average molecular weight is 609 g/mol. The van der Waals surface area contributed by atoms with E-state index >= 15 is 0 Å². The van der Waals surface area contributed by atoms with Crippen molar-refractivity contribution in [3.8, 4) is 6.01 Å². The van der Waals surface area contributed by atoms with Gasteiger partial charge in [0.15, 0.2) is 0 Å². The van der Waals surface area contributed by atoms with Crippen LogP contribution in [0.25, 0.3) is 0 Å². The Hall–Kier alpha value is -2.82. The van der Waals surface area contributed by atoms with Gasteiger partial charge in [0.1, 0.15) is 12.4 Å². The molecule has 6 aliphatic rings. The number of aliphatic hydroxyl groups is 1. The van der Waals surface area contributed by atoms with Crippen molar-refractivity contribution >= 4 is 29.2 Å². The molecule has 1 amide bonds. The van der Waals surface area contributed by atoms with Crippen molar-refractivity contribution in [2.75, 3.05) is 49.2 Å². The number of halogens is 1. The van der Waals surface area contributed by atoms with E-state index in [0.717, 1.165) is 80.1 Å². The standard InChI is InChI=1S/C32H41ClN6O4/c33-25-3-1-4-27(28(25)20-5-6-20)36-14-10-24-26(17-36)34-30(43-19-32-11-2-13-38(32)23(18-40)9-12-32)35-29(24)37-15-21-7-8-22(16-37)39(21)31(41)42/h1,3-4,20-23,40H,2,5-19H2,(H,41,42)/t21-,22+,23-,32-/m1/s1. The molecule has 2 aromatic rings. The lowest BCUT2D eigenvalue weighted by molar-refractivity contribution is 0.0641. The Morgan fingerprint density at radius 3 is 2.60 bits per heavy atom. The second kappa shape index (κ2) is 10.7. The van der Waals surface area contributed by atoms with Crippen molar-refractivity contribution in [3.63, 3.8) is 0 Å². The number of anilines is 2. The maximum absolute atomic E-state index is 12.0. The quantitative estimate of drug-likeness (QED) is 0.477. The number of amides is 1. The van der Waals surface area contributed by atoms with Gasteiger partial charge in [0.2, 0.25) is 0 Å². The molecule has 1 saturated carbocycles. The monoisotopic (exact) mass is 608 g/mol. The van der Waals surface area contributed by atoms with Crippen molar-refractivity contribution in [1.82, 2.24) is 19.8 Å². The van der Waals surface area contributed by atoms with Gasteiger partial charge >= 0.3 is 12.1 Å². The van der Waals surface area contributed by atoms with Crippen molar-refractivity contribution in [2.24, 2.45) is 0 Å². The van der Waals surface area contributed by atoms with E-state index < -0.39 is 6.09 Å². The summed E-state index contributed by atoms with van der Waals surface area (Å²) in [5.74, 6) is 1.45. The Kier molecular flexibility index (Phi) is 6.87. The average Bonchev–Trinajstić information content (AvgIpc) is 3.58. The number of aromatic nitrogens is 2. The highest BCUT2D eigenvalue weighted by molar-refractivity contribution is 6.31. The Morgan fingerprint density at radius 1 is 1.05 bits per heavy atom. The third-order valence-electron chi connectivity index (χ3n) is 11.1. The molecule has 1 aromatic carbocycles. The van der Waals surface area contributed by atoms with Gasteiger partial charge in [-0.25, -0.2) is 4.79 Å². The molecule has 5 aliphatic heterocycles. The summed E-state index contributed by atoms with van der Waals surface area (Å²) in [6.45, 7) is 4.51. The molecule has 8 rings (SSSR count). The molecule has 11 heteroatoms. The van der Waals surface area contributed by atoms with Crippen molar-refractivity contribution in [2.45, 2.75) is 93.9 Å². The molecule has 5 fully saturated rings. The zero-order chi connectivity index (χ0) is 29.3. The number of ether oxygens (including phenoxy) is 1. The first-order valence-corrected chi connectivity index (χ1v) is 16.5. The minimum Gasteiger partial charge on any atom is -0.465 e. The van der Waals surface area contributed by atoms with E-state index in [9.17, 15) is 15.0 Å². The molecular formula is C32H41ClN6O4. The minimum atomic E-state index is -0.817. The Labute approximate surface area is 257 Å². The highest BCUT2D eigenvalue weighted by Crippen LogP contribution is 2.48. The van der Waals surface area contributed by atoms with E-state index in [4.69, 9.17) is 26.3 Å². The SMILES string of the molecule is O=C(O)N1[C@@H]2CC[C@H]1CN(c1nc(OC[C@]34CCCN3[C@@H](CO)CC4)nc3c1CCN(c1cccc(Cl)c1C1CC1)C3)C2. The number of hydrogen-bond acceptors (Lipinski definition) is 8. The molecule has 1 aliphatic carbocycles. The van der Waals surface area contributed by atoms with Crippen LogP contribution in [-0.2, 0) is 13.0 Å². The Morgan fingerprint density at radius 2 is 1.86 bits per heavy atom. The van der Waals surface area contributed by atoms with Gasteiger partial charge in [-0.1, -0.05) is 17.7 Å². The summed E-state index contributed by atoms with van der Waals surface area (Å²) in [5.41, 5.74) is 4.55. The van der Waals surface area contributed by atoms with Crippen LogP contribution in [0.15, 0.2) is 18.2 Å². The largest absolute Gasteiger partial charge is 0.465 e. The Bertz CT molecular complexity index is 1410. The van der Waals surface area contributed by atoms with Gasteiger partial charge in [-0.05, 0) is 87.9 Å². The highest BCUT2D eigenvalue weighted by Gasteiger charge is 2.50. The van der Waals surface area contributed by atoms with Gasteiger partial charge in [0, 0.05) is 41.9 Å². The first-order valence-electron chi connectivity index (χ1n) is 16.1. The van der Waals surface area contributed by atoms with E-state index in [1.165, 1.54) is 24.1 Å². The molecular weight excluding hydrogens is 568 g/mol. The third kappa shape index (κ3) is 4.71. The zero-order valence-electron chi connectivity index (χ0n) is 24.6. The summed E-state index contributed by atoms with van der Waals surface area (Å²) in [4.78, 5) is 31.0. The van der Waals surface area contributed by atoms with Crippen LogP contribution in [0.3, 0.4) is 0 Å². The number of piperazine rings is 1. The van der Waals surface area contributed by atoms with Crippen LogP contribution in [0.2, 0.25) is 5.02 Å². The van der Waals surface area contributed by atoms with E-state index in [-0.39, 0.29) is 30.3 Å². The summed E-state index contributed by atoms with van der Waals surface area (Å²) >= 11 is 6.73. The first kappa shape index (κ1) is 27.7. The fourth-order valence-electron chi connectivity index (χ4n) is 8.89. The number of hydrogen-bond donors (Lipinski definition) is 2. The molecule has 2 bridgehead atoms. The Balaban J connectivity index is 1.12. The number of benzene rings is 1. The summed E-state index contributed by atoms with van der Waals surface area (Å²) in [6.07, 6.45) is 8.33. The van der Waals surface area contributed by atoms with E-state index in [1.54, 1.807) is 4.90 Å². The number of rotatable bonds is 7. The molecule has 43 heavy (non-hydrogen) atoms. The lowest BCUT2D eigenvalue weighted by atomic mass is 9.95. The smallest absolute Gasteiger partial charge is 0.407 e. The highest BCUT2D eigenvalue weighted by atomic mass is 35.5. The molecule has 6 heterocycles. The molecule has 4 atom stereocenters. The van der Waals surface area contributed by atoms with Crippen LogP contribution in [-0.4, -0.2) is 99.1 Å². The van der Waals surface area contributed by atoms with Crippen LogP contribution in [0, 0.1) is 0 Å². The number of fused-ring (bicyclic) bond motifs is 4. The van der Waals surface area contributed by atoms with E-state index in [2.05, 4.69) is 20.8 Å². The second-order valence-electron chi connectivity index (χ2n) is 13.5. The van der Waals surface area contributed by atoms with E-state index in [1.807, 2.05) is 12.1 Å². The first-order chi connectivity index (χ1) is 20.9. The summed E-state index contributed by atoms with van der Waals surface area (Å²) in [6, 6.07) is 6.83. The fourth-order valence-corrected chi connectivity index (χ4v) is 9.21. The molecule has 10 nitrogen and oxygen atoms in total. The molecule has 0 unspecified atom stereocenters. The topological polar surface area (TPSA) is 106 Å². The number of carboxylic acid groups (broad SMARTS) is 1. The van der Waals surface area contributed by atoms with Crippen molar-refractivity contribution in [3.05, 3.63) is 40.0 Å². The summed E-state index contributed by atoms with van der Waals surface area (Å²) in [5, 5.41) is 20.7. The lowest BCUT2D eigenvalue weighted by Crippen LogP contribution is -2.56. The van der Waals surface area contributed by atoms with E-state index in [0.29, 0.717) is 38.2 Å². The van der Waals surface area contributed by atoms with Gasteiger partial charge in [-0.3, -0.25) is 9.80 Å².